The molecule has 1 aliphatic heterocycles. The average molecular weight is 805 g/mol. The number of hydrogen-bond acceptors (Lipinski definition) is 5. The Morgan fingerprint density at radius 3 is 1.32 bits per heavy atom. The first kappa shape index (κ1) is 47.5. The molecular formula is C53H60N2O3S. The number of methoxy groups -OCH3 is 1. The van der Waals surface area contributed by atoms with Crippen molar-refractivity contribution >= 4 is 29.3 Å². The Hall–Kier alpha value is -5.90. The molecule has 0 saturated carbocycles. The van der Waals surface area contributed by atoms with Crippen molar-refractivity contribution in [1.82, 2.24) is 0 Å². The molecule has 7 rings (SSSR count). The SMILES string of the molecule is CC(C)Sc1ccccc1.CC(C)c1ccc(N2C(=O)c3ccccc3C2=O)cc1.CC(C)c1ccccc1.COc1ccc(C(C)C)cc1.Cc1ccc(C#N)cc1. The molecule has 0 N–H and O–H groups in total. The van der Waals surface area contributed by atoms with Gasteiger partial charge in [-0.05, 0) is 102 Å². The topological polar surface area (TPSA) is 70.4 Å². The highest BCUT2D eigenvalue weighted by atomic mass is 32.2. The second-order valence-electron chi connectivity index (χ2n) is 15.2. The molecular weight excluding hydrogens is 745 g/mol. The molecule has 0 saturated heterocycles. The Balaban J connectivity index is 0.000000207. The van der Waals surface area contributed by atoms with E-state index in [1.807, 2.05) is 91.5 Å². The van der Waals surface area contributed by atoms with Crippen LogP contribution in [0.5, 0.6) is 5.75 Å². The van der Waals surface area contributed by atoms with E-state index in [-0.39, 0.29) is 11.8 Å². The quantitative estimate of drug-likeness (QED) is 0.119. The molecule has 306 valence electrons. The second-order valence-corrected chi connectivity index (χ2v) is 16.8. The molecule has 1 heterocycles. The number of thioether (sulfide) groups is 1. The van der Waals surface area contributed by atoms with Gasteiger partial charge >= 0.3 is 0 Å². The zero-order valence-corrected chi connectivity index (χ0v) is 37.2. The molecule has 0 fully saturated rings. The van der Waals surface area contributed by atoms with Crippen molar-refractivity contribution < 1.29 is 14.3 Å². The predicted molar refractivity (Wildman–Crippen MR) is 249 cm³/mol. The van der Waals surface area contributed by atoms with Crippen LogP contribution in [-0.4, -0.2) is 24.2 Å². The molecule has 0 radical (unpaired) electrons. The van der Waals surface area contributed by atoms with E-state index in [4.69, 9.17) is 10.00 Å². The lowest BCUT2D eigenvalue weighted by molar-refractivity contribution is 0.0926. The van der Waals surface area contributed by atoms with Crippen LogP contribution >= 0.6 is 11.8 Å². The third-order valence-electron chi connectivity index (χ3n) is 9.16. The van der Waals surface area contributed by atoms with Crippen LogP contribution in [0.3, 0.4) is 0 Å². The molecule has 6 aromatic rings. The third-order valence-corrected chi connectivity index (χ3v) is 10.2. The highest BCUT2D eigenvalue weighted by Crippen LogP contribution is 2.29. The first-order valence-electron chi connectivity index (χ1n) is 20.2. The summed E-state index contributed by atoms with van der Waals surface area (Å²) < 4.78 is 5.05. The molecule has 0 spiro atoms. The Morgan fingerprint density at radius 1 is 0.525 bits per heavy atom. The summed E-state index contributed by atoms with van der Waals surface area (Å²) in [6, 6.07) is 53.3. The van der Waals surface area contributed by atoms with Gasteiger partial charge < -0.3 is 4.74 Å². The van der Waals surface area contributed by atoms with E-state index in [1.54, 1.807) is 31.4 Å². The number of fused-ring (bicyclic) bond motifs is 1. The van der Waals surface area contributed by atoms with E-state index >= 15 is 0 Å². The maximum atomic E-state index is 12.3. The third kappa shape index (κ3) is 15.8. The number of benzene rings is 6. The maximum absolute atomic E-state index is 12.3. The molecule has 59 heavy (non-hydrogen) atoms. The average Bonchev–Trinajstić information content (AvgIpc) is 3.51. The van der Waals surface area contributed by atoms with E-state index in [2.05, 4.69) is 122 Å². The fraction of sp³-hybridized carbons (Fsp3) is 0.264. The van der Waals surface area contributed by atoms with Gasteiger partial charge in [0.1, 0.15) is 5.75 Å². The number of amides is 2. The van der Waals surface area contributed by atoms with Crippen molar-refractivity contribution in [3.8, 4) is 11.8 Å². The number of aryl methyl sites for hydroxylation is 1. The van der Waals surface area contributed by atoms with E-state index in [0.717, 1.165) is 11.3 Å². The molecule has 0 atom stereocenters. The highest BCUT2D eigenvalue weighted by Gasteiger charge is 2.36. The first-order chi connectivity index (χ1) is 28.2. The van der Waals surface area contributed by atoms with E-state index < -0.39 is 0 Å². The van der Waals surface area contributed by atoms with Gasteiger partial charge in [-0.2, -0.15) is 5.26 Å². The maximum Gasteiger partial charge on any atom is 0.266 e. The zero-order valence-electron chi connectivity index (χ0n) is 36.3. The fourth-order valence-electron chi connectivity index (χ4n) is 5.66. The van der Waals surface area contributed by atoms with Crippen LogP contribution in [0.1, 0.15) is 122 Å². The van der Waals surface area contributed by atoms with Gasteiger partial charge in [0.2, 0.25) is 0 Å². The summed E-state index contributed by atoms with van der Waals surface area (Å²) in [5.74, 6) is 2.11. The lowest BCUT2D eigenvalue weighted by atomic mass is 10.0. The highest BCUT2D eigenvalue weighted by molar-refractivity contribution is 7.99. The summed E-state index contributed by atoms with van der Waals surface area (Å²) in [5.41, 5.74) is 7.44. The molecule has 2 amide bonds. The number of nitriles is 1. The van der Waals surface area contributed by atoms with Gasteiger partial charge in [0.15, 0.2) is 0 Å². The summed E-state index contributed by atoms with van der Waals surface area (Å²) in [6.45, 7) is 19.4. The number of anilines is 1. The van der Waals surface area contributed by atoms with Crippen molar-refractivity contribution in [3.63, 3.8) is 0 Å². The van der Waals surface area contributed by atoms with Gasteiger partial charge in [0, 0.05) is 10.1 Å². The number of imide groups is 1. The summed E-state index contributed by atoms with van der Waals surface area (Å²) in [4.78, 5) is 27.3. The Bertz CT molecular complexity index is 2140. The number of carbonyl (C=O) groups is 2. The Kier molecular flexibility index (Phi) is 19.9. The lowest BCUT2D eigenvalue weighted by Gasteiger charge is -2.15. The van der Waals surface area contributed by atoms with E-state index in [9.17, 15) is 9.59 Å². The van der Waals surface area contributed by atoms with Gasteiger partial charge in [0.25, 0.3) is 11.8 Å². The monoisotopic (exact) mass is 804 g/mol. The van der Waals surface area contributed by atoms with Crippen LogP contribution < -0.4 is 9.64 Å². The summed E-state index contributed by atoms with van der Waals surface area (Å²) in [7, 11) is 1.68. The van der Waals surface area contributed by atoms with Crippen molar-refractivity contribution in [3.05, 3.63) is 197 Å². The predicted octanol–water partition coefficient (Wildman–Crippen LogP) is 14.3. The van der Waals surface area contributed by atoms with Crippen molar-refractivity contribution in [1.29, 1.82) is 5.26 Å². The lowest BCUT2D eigenvalue weighted by Crippen LogP contribution is -2.29. The number of carbonyl (C=O) groups excluding carboxylic acids is 2. The molecule has 0 aliphatic carbocycles. The minimum atomic E-state index is -0.247. The van der Waals surface area contributed by atoms with Crippen molar-refractivity contribution in [2.45, 2.75) is 90.2 Å². The summed E-state index contributed by atoms with van der Waals surface area (Å²) >= 11 is 1.90. The smallest absolute Gasteiger partial charge is 0.266 e. The molecule has 6 heteroatoms. The number of rotatable bonds is 7. The number of hydrogen-bond donors (Lipinski definition) is 0. The minimum Gasteiger partial charge on any atom is -0.497 e. The van der Waals surface area contributed by atoms with Crippen LogP contribution in [-0.2, 0) is 0 Å². The molecule has 1 aliphatic rings. The van der Waals surface area contributed by atoms with E-state index in [0.29, 0.717) is 39.8 Å². The molecule has 5 nitrogen and oxygen atoms in total. The van der Waals surface area contributed by atoms with E-state index in [1.165, 1.54) is 32.0 Å². The van der Waals surface area contributed by atoms with Crippen LogP contribution in [0.15, 0.2) is 163 Å². The Labute approximate surface area is 358 Å². The van der Waals surface area contributed by atoms with Crippen molar-refractivity contribution in [2.75, 3.05) is 12.0 Å². The van der Waals surface area contributed by atoms with Crippen LogP contribution in [0, 0.1) is 18.3 Å². The summed E-state index contributed by atoms with van der Waals surface area (Å²) in [6.07, 6.45) is 0. The zero-order chi connectivity index (χ0) is 43.3. The van der Waals surface area contributed by atoms with Gasteiger partial charge in [-0.3, -0.25) is 9.59 Å². The number of ether oxygens (including phenoxy) is 1. The molecule has 0 bridgehead atoms. The minimum absolute atomic E-state index is 0.247. The summed E-state index contributed by atoms with van der Waals surface area (Å²) in [5, 5.41) is 9.06. The van der Waals surface area contributed by atoms with Gasteiger partial charge in [0.05, 0.1) is 35.6 Å². The largest absolute Gasteiger partial charge is 0.497 e. The molecule has 6 aromatic carbocycles. The van der Waals surface area contributed by atoms with Crippen LogP contribution in [0.2, 0.25) is 0 Å². The van der Waals surface area contributed by atoms with Crippen molar-refractivity contribution in [2.24, 2.45) is 0 Å². The van der Waals surface area contributed by atoms with Crippen LogP contribution in [0.25, 0.3) is 0 Å². The van der Waals surface area contributed by atoms with Gasteiger partial charge in [-0.1, -0.05) is 158 Å². The fourth-order valence-corrected chi connectivity index (χ4v) is 6.52. The normalized spacial score (nSPS) is 11.2. The Morgan fingerprint density at radius 2 is 0.932 bits per heavy atom. The molecule has 0 aromatic heterocycles. The van der Waals surface area contributed by atoms with Gasteiger partial charge in [-0.25, -0.2) is 4.90 Å². The first-order valence-corrected chi connectivity index (χ1v) is 21.1. The second kappa shape index (κ2) is 24.8. The number of nitrogens with zero attached hydrogens (tertiary/aromatic N) is 2. The van der Waals surface area contributed by atoms with Crippen LogP contribution in [0.4, 0.5) is 5.69 Å². The molecule has 0 unspecified atom stereocenters. The van der Waals surface area contributed by atoms with Gasteiger partial charge in [-0.15, -0.1) is 11.8 Å². The standard InChI is InChI=1S/C17H15NO2.C10H14O.C9H12S.C9H12.C8H7N/c1-11(2)12-7-9-13(10-8-12)18-16(19)14-5-3-4-6-15(14)17(18)20;1-8(2)9-4-6-10(11-3)7-5-9;1-8(2)10-9-6-4-3-5-7-9;1-8(2)9-6-4-3-5-7-9;1-7-2-4-8(6-9)5-3-7/h3-11H,1-2H3;4-8H,1-3H3;3-8H,1-2H3;3-8H,1-2H3;2-5H,1H3.